The second-order valence-corrected chi connectivity index (χ2v) is 7.11. The van der Waals surface area contributed by atoms with E-state index in [4.69, 9.17) is 5.11 Å². The van der Waals surface area contributed by atoms with E-state index in [0.29, 0.717) is 5.56 Å². The Morgan fingerprint density at radius 3 is 2.58 bits per heavy atom. The number of carboxylic acids is 1. The Morgan fingerprint density at radius 2 is 2.11 bits per heavy atom. The van der Waals surface area contributed by atoms with Gasteiger partial charge in [-0.1, -0.05) is 12.1 Å². The van der Waals surface area contributed by atoms with Crippen molar-refractivity contribution in [2.24, 2.45) is 0 Å². The minimum Gasteiger partial charge on any atom is -0.480 e. The van der Waals surface area contributed by atoms with Crippen LogP contribution in [-0.4, -0.2) is 25.0 Å². The third kappa shape index (κ3) is 3.38. The fourth-order valence-electron chi connectivity index (χ4n) is 1.24. The highest BCUT2D eigenvalue weighted by Crippen LogP contribution is 2.30. The van der Waals surface area contributed by atoms with Crippen LogP contribution < -0.4 is 0 Å². The average Bonchev–Trinajstić information content (AvgIpc) is 2.30. The van der Waals surface area contributed by atoms with Gasteiger partial charge in [-0.3, -0.25) is 19.1 Å². The molecule has 0 aliphatic heterocycles. The van der Waals surface area contributed by atoms with Crippen molar-refractivity contribution in [2.45, 2.75) is 24.3 Å². The van der Waals surface area contributed by atoms with Crippen LogP contribution in [0.3, 0.4) is 0 Å². The monoisotopic (exact) mass is 349 g/mol. The van der Waals surface area contributed by atoms with E-state index >= 15 is 0 Å². The van der Waals surface area contributed by atoms with Crippen LogP contribution in [0.4, 0.5) is 5.69 Å². The number of rotatable bonds is 5. The van der Waals surface area contributed by atoms with Gasteiger partial charge in [-0.05, 0) is 35.3 Å². The molecule has 0 bridgehead atoms. The van der Waals surface area contributed by atoms with Gasteiger partial charge in [0.15, 0.2) is 0 Å². The molecule has 0 aromatic heterocycles. The lowest BCUT2D eigenvalue weighted by molar-refractivity contribution is -0.385. The van der Waals surface area contributed by atoms with Gasteiger partial charge < -0.3 is 5.11 Å². The predicted octanol–water partition coefficient (Wildman–Crippen LogP) is 2.47. The minimum absolute atomic E-state index is 0.0679. The van der Waals surface area contributed by atoms with E-state index in [1.807, 2.05) is 0 Å². The fourth-order valence-corrected chi connectivity index (χ4v) is 3.05. The summed E-state index contributed by atoms with van der Waals surface area (Å²) in [6.45, 7) is 2.72. The number of hydrogen-bond donors (Lipinski definition) is 1. The Kier molecular flexibility index (Phi) is 4.81. The van der Waals surface area contributed by atoms with Gasteiger partial charge in [-0.25, -0.2) is 0 Å². The van der Waals surface area contributed by atoms with Crippen molar-refractivity contribution in [1.29, 1.82) is 0 Å². The van der Waals surface area contributed by atoms with Crippen molar-refractivity contribution < 1.29 is 19.0 Å². The van der Waals surface area contributed by atoms with Crippen LogP contribution in [0, 0.1) is 10.1 Å². The van der Waals surface area contributed by atoms with Gasteiger partial charge in [0.1, 0.15) is 4.75 Å². The van der Waals surface area contributed by atoms with Crippen molar-refractivity contribution in [3.63, 3.8) is 0 Å². The highest BCUT2D eigenvalue weighted by molar-refractivity contribution is 9.10. The van der Waals surface area contributed by atoms with Gasteiger partial charge in [-0.2, -0.15) is 0 Å². The van der Waals surface area contributed by atoms with E-state index in [1.165, 1.54) is 26.0 Å². The zero-order valence-electron chi connectivity index (χ0n) is 10.3. The molecule has 19 heavy (non-hydrogen) atoms. The van der Waals surface area contributed by atoms with Crippen LogP contribution in [-0.2, 0) is 21.3 Å². The van der Waals surface area contributed by atoms with E-state index in [-0.39, 0.29) is 15.9 Å². The number of aliphatic carboxylic acids is 1. The van der Waals surface area contributed by atoms with Crippen LogP contribution in [0.2, 0.25) is 0 Å². The van der Waals surface area contributed by atoms with Crippen LogP contribution in [0.25, 0.3) is 0 Å². The molecule has 1 aromatic carbocycles. The minimum atomic E-state index is -1.70. The summed E-state index contributed by atoms with van der Waals surface area (Å²) in [6, 6.07) is 4.37. The summed E-state index contributed by atoms with van der Waals surface area (Å²) < 4.78 is 10.9. The van der Waals surface area contributed by atoms with Gasteiger partial charge in [0, 0.05) is 16.9 Å². The summed E-state index contributed by atoms with van der Waals surface area (Å²) in [5.41, 5.74) is 0.310. The molecule has 8 heteroatoms. The molecule has 0 aliphatic carbocycles. The summed E-state index contributed by atoms with van der Waals surface area (Å²) in [6.07, 6.45) is 0. The van der Waals surface area contributed by atoms with E-state index in [9.17, 15) is 19.1 Å². The maximum absolute atomic E-state index is 12.0. The average molecular weight is 350 g/mol. The molecule has 1 N–H and O–H groups in total. The number of carbonyl (C=O) groups is 1. The van der Waals surface area contributed by atoms with E-state index < -0.39 is 26.4 Å². The Hall–Kier alpha value is -1.28. The normalized spacial score (nSPS) is 13.0. The van der Waals surface area contributed by atoms with Gasteiger partial charge in [0.25, 0.3) is 5.69 Å². The lowest BCUT2D eigenvalue weighted by atomic mass is 10.2. The molecule has 0 aliphatic rings. The number of halogens is 1. The maximum atomic E-state index is 12.0. The number of nitrogens with zero attached hydrogens (tertiary/aromatic N) is 1. The standard InChI is InChI=1S/C11H12BrNO5S/c1-11(2,10(14)15)19(18)6-7-4-3-5-8(9(7)12)13(16)17/h3-5H,6H2,1-2H3,(H,14,15). The summed E-state index contributed by atoms with van der Waals surface area (Å²) in [4.78, 5) is 21.2. The number of hydrogen-bond acceptors (Lipinski definition) is 4. The molecule has 104 valence electrons. The van der Waals surface area contributed by atoms with Crippen molar-refractivity contribution in [1.82, 2.24) is 0 Å². The molecule has 0 saturated carbocycles. The maximum Gasteiger partial charge on any atom is 0.321 e. The molecular formula is C11H12BrNO5S. The molecule has 1 aromatic rings. The first kappa shape index (κ1) is 15.8. The quantitative estimate of drug-likeness (QED) is 0.650. The molecular weight excluding hydrogens is 338 g/mol. The lowest BCUT2D eigenvalue weighted by Crippen LogP contribution is -2.37. The van der Waals surface area contributed by atoms with E-state index in [2.05, 4.69) is 15.9 Å². The Bertz CT molecular complexity index is 558. The zero-order chi connectivity index (χ0) is 14.8. The highest BCUT2D eigenvalue weighted by Gasteiger charge is 2.35. The van der Waals surface area contributed by atoms with Gasteiger partial charge in [-0.15, -0.1) is 0 Å². The second-order valence-electron chi connectivity index (χ2n) is 4.31. The SMILES string of the molecule is CC(C)(C(=O)O)S(=O)Cc1cccc([N+](=O)[O-])c1Br. The van der Waals surface area contributed by atoms with Gasteiger partial charge in [0.2, 0.25) is 0 Å². The third-order valence-electron chi connectivity index (χ3n) is 2.63. The number of nitro groups is 1. The van der Waals surface area contributed by atoms with Crippen LogP contribution >= 0.6 is 15.9 Å². The van der Waals surface area contributed by atoms with Gasteiger partial charge in [0.05, 0.1) is 15.1 Å². The summed E-state index contributed by atoms with van der Waals surface area (Å²) in [5, 5.41) is 19.8. The Morgan fingerprint density at radius 1 is 1.53 bits per heavy atom. The fraction of sp³-hybridized carbons (Fsp3) is 0.364. The summed E-state index contributed by atoms with van der Waals surface area (Å²) in [5.74, 6) is -1.24. The lowest BCUT2D eigenvalue weighted by Gasteiger charge is -2.18. The Labute approximate surface area is 120 Å². The smallest absolute Gasteiger partial charge is 0.321 e. The summed E-state index contributed by atoms with van der Waals surface area (Å²) >= 11 is 3.09. The number of benzene rings is 1. The van der Waals surface area contributed by atoms with Crippen molar-refractivity contribution >= 4 is 38.4 Å². The molecule has 1 rings (SSSR count). The molecule has 1 unspecified atom stereocenters. The van der Waals surface area contributed by atoms with Crippen LogP contribution in [0.15, 0.2) is 22.7 Å². The second kappa shape index (κ2) is 5.79. The molecule has 0 amide bonds. The molecule has 6 nitrogen and oxygen atoms in total. The summed E-state index contributed by atoms with van der Waals surface area (Å²) in [7, 11) is -1.70. The first-order valence-electron chi connectivity index (χ1n) is 5.21. The van der Waals surface area contributed by atoms with Crippen molar-refractivity contribution in [3.8, 4) is 0 Å². The van der Waals surface area contributed by atoms with E-state index in [1.54, 1.807) is 6.07 Å². The molecule has 1 atom stereocenters. The molecule has 0 heterocycles. The molecule has 0 fully saturated rings. The third-order valence-corrected chi connectivity index (χ3v) is 5.43. The number of carboxylic acid groups (broad SMARTS) is 1. The predicted molar refractivity (Wildman–Crippen MR) is 74.4 cm³/mol. The molecule has 0 spiro atoms. The van der Waals surface area contributed by atoms with Crippen LogP contribution in [0.5, 0.6) is 0 Å². The largest absolute Gasteiger partial charge is 0.480 e. The van der Waals surface area contributed by atoms with Crippen molar-refractivity contribution in [3.05, 3.63) is 38.3 Å². The van der Waals surface area contributed by atoms with E-state index in [0.717, 1.165) is 0 Å². The van der Waals surface area contributed by atoms with Crippen molar-refractivity contribution in [2.75, 3.05) is 0 Å². The first-order chi connectivity index (χ1) is 8.67. The molecule has 0 saturated heterocycles. The molecule has 0 radical (unpaired) electrons. The highest BCUT2D eigenvalue weighted by atomic mass is 79.9. The number of nitro benzene ring substituents is 1. The topological polar surface area (TPSA) is 97.5 Å². The zero-order valence-corrected chi connectivity index (χ0v) is 12.7. The first-order valence-corrected chi connectivity index (χ1v) is 7.32. The van der Waals surface area contributed by atoms with Gasteiger partial charge >= 0.3 is 5.97 Å². The Balaban J connectivity index is 3.08. The van der Waals surface area contributed by atoms with Crippen LogP contribution in [0.1, 0.15) is 19.4 Å².